The van der Waals surface area contributed by atoms with Crippen LogP contribution in [0.3, 0.4) is 0 Å². The first-order valence-corrected chi connectivity index (χ1v) is 13.6. The number of nitrogens with zero attached hydrogens (tertiary/aromatic N) is 4. The Labute approximate surface area is 223 Å². The minimum atomic E-state index is -1.09. The molecule has 12 heteroatoms. The Balaban J connectivity index is 1.53. The van der Waals surface area contributed by atoms with E-state index >= 15 is 0 Å². The van der Waals surface area contributed by atoms with E-state index in [-0.39, 0.29) is 47.1 Å². The zero-order chi connectivity index (χ0) is 27.2. The maximum atomic E-state index is 14.1. The molecule has 2 aromatic rings. The van der Waals surface area contributed by atoms with Crippen molar-refractivity contribution in [2.75, 3.05) is 31.3 Å². The van der Waals surface area contributed by atoms with Gasteiger partial charge in [-0.2, -0.15) is 13.8 Å². The van der Waals surface area contributed by atoms with Crippen molar-refractivity contribution >= 4 is 39.9 Å². The molecule has 2 aromatic heterocycles. The highest BCUT2D eigenvalue weighted by Gasteiger charge is 2.49. The molecule has 0 bridgehead atoms. The molecule has 3 aliphatic rings. The SMILES string of the molecule is Cc1sc(N(C(=O)C2CCOC2)c2cc(F)nc(F)c2)nc1C(=O)N(C(=O)C1CCOC1)C1CCC1(C)C. The highest BCUT2D eigenvalue weighted by atomic mass is 32.1. The Morgan fingerprint density at radius 2 is 1.58 bits per heavy atom. The van der Waals surface area contributed by atoms with Crippen molar-refractivity contribution < 1.29 is 32.6 Å². The minimum absolute atomic E-state index is 0.0374. The number of ether oxygens (including phenoxy) is 2. The van der Waals surface area contributed by atoms with Crippen molar-refractivity contribution in [1.82, 2.24) is 14.9 Å². The first-order valence-electron chi connectivity index (χ1n) is 12.7. The number of hydrogen-bond donors (Lipinski definition) is 0. The molecule has 0 radical (unpaired) electrons. The number of carbonyl (C=O) groups is 3. The third-order valence-corrected chi connectivity index (χ3v) is 8.65. The second-order valence-electron chi connectivity index (χ2n) is 10.7. The normalized spacial score (nSPS) is 24.2. The lowest BCUT2D eigenvalue weighted by Gasteiger charge is -2.49. The molecule has 4 heterocycles. The van der Waals surface area contributed by atoms with E-state index in [1.54, 1.807) is 6.92 Å². The Kier molecular flexibility index (Phi) is 7.31. The number of anilines is 2. The van der Waals surface area contributed by atoms with Crippen LogP contribution in [0.1, 0.15) is 54.9 Å². The van der Waals surface area contributed by atoms with Crippen molar-refractivity contribution in [3.05, 3.63) is 34.6 Å². The van der Waals surface area contributed by atoms with Crippen molar-refractivity contribution in [2.45, 2.75) is 52.5 Å². The lowest BCUT2D eigenvalue weighted by Crippen LogP contribution is -2.58. The van der Waals surface area contributed by atoms with Gasteiger partial charge in [0.2, 0.25) is 23.7 Å². The van der Waals surface area contributed by atoms with E-state index in [1.165, 1.54) is 4.90 Å². The fraction of sp³-hybridized carbons (Fsp3) is 0.577. The second kappa shape index (κ2) is 10.4. The highest BCUT2D eigenvalue weighted by molar-refractivity contribution is 7.16. The highest BCUT2D eigenvalue weighted by Crippen LogP contribution is 2.45. The number of amides is 3. The fourth-order valence-corrected chi connectivity index (χ4v) is 6.19. The predicted octanol–water partition coefficient (Wildman–Crippen LogP) is 4.02. The molecular formula is C26H30F2N4O5S. The molecule has 2 aliphatic heterocycles. The number of thiazole rings is 1. The summed E-state index contributed by atoms with van der Waals surface area (Å²) in [6.45, 7) is 7.02. The van der Waals surface area contributed by atoms with E-state index in [0.29, 0.717) is 37.4 Å². The summed E-state index contributed by atoms with van der Waals surface area (Å²) in [6.07, 6.45) is 2.56. The van der Waals surface area contributed by atoms with Crippen LogP contribution in [0.4, 0.5) is 19.6 Å². The van der Waals surface area contributed by atoms with Crippen LogP contribution in [-0.4, -0.2) is 65.1 Å². The summed E-state index contributed by atoms with van der Waals surface area (Å²) in [5.41, 5.74) is -0.292. The molecule has 5 rings (SSSR count). The van der Waals surface area contributed by atoms with Gasteiger partial charge in [0.25, 0.3) is 5.91 Å². The van der Waals surface area contributed by atoms with Crippen LogP contribution >= 0.6 is 11.3 Å². The van der Waals surface area contributed by atoms with Crippen molar-refractivity contribution in [2.24, 2.45) is 17.3 Å². The second-order valence-corrected chi connectivity index (χ2v) is 11.9. The van der Waals surface area contributed by atoms with E-state index in [2.05, 4.69) is 9.97 Å². The summed E-state index contributed by atoms with van der Waals surface area (Å²) in [6, 6.07) is 1.60. The quantitative estimate of drug-likeness (QED) is 0.397. The maximum Gasteiger partial charge on any atom is 0.280 e. The molecular weight excluding hydrogens is 518 g/mol. The first-order chi connectivity index (χ1) is 18.1. The molecule has 3 unspecified atom stereocenters. The summed E-state index contributed by atoms with van der Waals surface area (Å²) < 4.78 is 38.9. The molecule has 1 saturated carbocycles. The van der Waals surface area contributed by atoms with Gasteiger partial charge in [0.05, 0.1) is 30.7 Å². The van der Waals surface area contributed by atoms with Crippen molar-refractivity contribution in [3.63, 3.8) is 0 Å². The van der Waals surface area contributed by atoms with Crippen LogP contribution in [0.15, 0.2) is 12.1 Å². The zero-order valence-electron chi connectivity index (χ0n) is 21.5. The molecule has 3 fully saturated rings. The molecule has 3 amide bonds. The average Bonchev–Trinajstić information content (AvgIpc) is 3.63. The summed E-state index contributed by atoms with van der Waals surface area (Å²) in [4.78, 5) is 51.6. The van der Waals surface area contributed by atoms with Gasteiger partial charge in [0.15, 0.2) is 5.13 Å². The maximum absolute atomic E-state index is 14.1. The molecule has 1 aliphatic carbocycles. The number of pyridine rings is 1. The molecule has 204 valence electrons. The molecule has 3 atom stereocenters. The topological polar surface area (TPSA) is 102 Å². The van der Waals surface area contributed by atoms with Gasteiger partial charge in [-0.1, -0.05) is 13.8 Å². The summed E-state index contributed by atoms with van der Waals surface area (Å²) in [7, 11) is 0. The third-order valence-electron chi connectivity index (χ3n) is 7.70. The van der Waals surface area contributed by atoms with Gasteiger partial charge in [-0.3, -0.25) is 24.2 Å². The lowest BCUT2D eigenvalue weighted by atomic mass is 9.66. The minimum Gasteiger partial charge on any atom is -0.381 e. The standard InChI is InChI=1S/C26H30F2N4O5S/c1-14-21(24(35)32(18-4-7-26(18,2)3)23(34)16-6-9-37-13-16)30-25(38-14)31(22(33)15-5-8-36-12-15)17-10-19(27)29-20(28)11-17/h10-11,15-16,18H,4-9,12-13H2,1-3H3. The summed E-state index contributed by atoms with van der Waals surface area (Å²) in [5, 5.41) is 0.0808. The van der Waals surface area contributed by atoms with Crippen LogP contribution in [0, 0.1) is 36.1 Å². The predicted molar refractivity (Wildman–Crippen MR) is 134 cm³/mol. The molecule has 0 N–H and O–H groups in total. The number of aryl methyl sites for hydroxylation is 1. The summed E-state index contributed by atoms with van der Waals surface area (Å²) >= 11 is 1.05. The Morgan fingerprint density at radius 1 is 0.974 bits per heavy atom. The van der Waals surface area contributed by atoms with Gasteiger partial charge in [-0.05, 0) is 38.0 Å². The Hall–Kier alpha value is -2.83. The number of rotatable bonds is 6. The monoisotopic (exact) mass is 548 g/mol. The van der Waals surface area contributed by atoms with Crippen molar-refractivity contribution in [3.8, 4) is 0 Å². The van der Waals surface area contributed by atoms with Gasteiger partial charge in [0.1, 0.15) is 5.69 Å². The largest absolute Gasteiger partial charge is 0.381 e. The number of carbonyl (C=O) groups excluding carboxylic acids is 3. The average molecular weight is 549 g/mol. The van der Waals surface area contributed by atoms with Crippen molar-refractivity contribution in [1.29, 1.82) is 0 Å². The number of aromatic nitrogens is 2. The van der Waals surface area contributed by atoms with Gasteiger partial charge < -0.3 is 9.47 Å². The number of hydrogen-bond acceptors (Lipinski definition) is 8. The smallest absolute Gasteiger partial charge is 0.280 e. The zero-order valence-corrected chi connectivity index (χ0v) is 22.4. The van der Waals surface area contributed by atoms with Crippen LogP contribution < -0.4 is 4.90 Å². The third kappa shape index (κ3) is 4.96. The van der Waals surface area contributed by atoms with Gasteiger partial charge >= 0.3 is 0 Å². The molecule has 2 saturated heterocycles. The van der Waals surface area contributed by atoms with Crippen LogP contribution in [0.2, 0.25) is 0 Å². The fourth-order valence-electron chi connectivity index (χ4n) is 5.27. The number of halogens is 2. The molecule has 38 heavy (non-hydrogen) atoms. The van der Waals surface area contributed by atoms with Gasteiger partial charge in [-0.15, -0.1) is 11.3 Å². The Morgan fingerprint density at radius 3 is 2.08 bits per heavy atom. The van der Waals surface area contributed by atoms with Crippen LogP contribution in [0.25, 0.3) is 0 Å². The first kappa shape index (κ1) is 26.8. The number of imide groups is 1. The lowest BCUT2D eigenvalue weighted by molar-refractivity contribution is -0.140. The van der Waals surface area contributed by atoms with Gasteiger partial charge in [0, 0.05) is 36.3 Å². The summed E-state index contributed by atoms with van der Waals surface area (Å²) in [5.74, 6) is -4.39. The van der Waals surface area contributed by atoms with E-state index in [1.807, 2.05) is 13.8 Å². The molecule has 9 nitrogen and oxygen atoms in total. The van der Waals surface area contributed by atoms with Gasteiger partial charge in [-0.25, -0.2) is 4.98 Å². The van der Waals surface area contributed by atoms with Crippen LogP contribution in [0.5, 0.6) is 0 Å². The molecule has 0 aromatic carbocycles. The van der Waals surface area contributed by atoms with Crippen LogP contribution in [-0.2, 0) is 19.1 Å². The molecule has 0 spiro atoms. The Bertz CT molecular complexity index is 1240. The van der Waals surface area contributed by atoms with E-state index in [0.717, 1.165) is 34.8 Å². The van der Waals surface area contributed by atoms with E-state index in [9.17, 15) is 23.2 Å². The van der Waals surface area contributed by atoms with E-state index < -0.39 is 35.5 Å². The van der Waals surface area contributed by atoms with E-state index in [4.69, 9.17) is 9.47 Å².